The second-order valence-corrected chi connectivity index (χ2v) is 7.09. The molecule has 0 radical (unpaired) electrons. The predicted octanol–water partition coefficient (Wildman–Crippen LogP) is 4.06. The van der Waals surface area contributed by atoms with Crippen molar-refractivity contribution < 1.29 is 9.59 Å². The minimum atomic E-state index is -0.335. The molecule has 0 saturated carbocycles. The van der Waals surface area contributed by atoms with Crippen LogP contribution < -0.4 is 10.2 Å². The summed E-state index contributed by atoms with van der Waals surface area (Å²) in [6.07, 6.45) is 0.243. The lowest BCUT2D eigenvalue weighted by atomic mass is 10.1. The summed E-state index contributed by atoms with van der Waals surface area (Å²) in [5, 5.41) is 2.89. The number of nitrogens with zero attached hydrogens (tertiary/aromatic N) is 1. The van der Waals surface area contributed by atoms with Gasteiger partial charge in [0, 0.05) is 28.8 Å². The first-order valence-electron chi connectivity index (χ1n) is 7.88. The summed E-state index contributed by atoms with van der Waals surface area (Å²) < 4.78 is 0.902. The van der Waals surface area contributed by atoms with E-state index in [9.17, 15) is 9.59 Å². The van der Waals surface area contributed by atoms with Crippen molar-refractivity contribution in [3.63, 3.8) is 0 Å². The van der Waals surface area contributed by atoms with Crippen LogP contribution in [0.3, 0.4) is 0 Å². The summed E-state index contributed by atoms with van der Waals surface area (Å²) in [5.74, 6) is -0.460. The summed E-state index contributed by atoms with van der Waals surface area (Å²) in [6, 6.07) is 13.4. The number of aryl methyl sites for hydroxylation is 2. The molecule has 1 aliphatic heterocycles. The maximum absolute atomic E-state index is 12.5. The number of carbonyl (C=O) groups is 2. The molecule has 4 nitrogen and oxygen atoms in total. The molecule has 0 bridgehead atoms. The van der Waals surface area contributed by atoms with E-state index in [1.54, 1.807) is 4.90 Å². The largest absolute Gasteiger partial charge is 0.326 e. The fourth-order valence-electron chi connectivity index (χ4n) is 2.84. The highest BCUT2D eigenvalue weighted by Crippen LogP contribution is 2.27. The number of hydrogen-bond donors (Lipinski definition) is 1. The van der Waals surface area contributed by atoms with E-state index in [1.807, 2.05) is 56.3 Å². The Hall–Kier alpha value is -2.14. The zero-order chi connectivity index (χ0) is 17.3. The van der Waals surface area contributed by atoms with Crippen molar-refractivity contribution in [1.29, 1.82) is 0 Å². The summed E-state index contributed by atoms with van der Waals surface area (Å²) >= 11 is 3.38. The van der Waals surface area contributed by atoms with E-state index in [1.165, 1.54) is 5.56 Å². The lowest BCUT2D eigenvalue weighted by Gasteiger charge is -2.18. The van der Waals surface area contributed by atoms with Crippen molar-refractivity contribution in [2.75, 3.05) is 16.8 Å². The number of benzene rings is 2. The fraction of sp³-hybridized carbons (Fsp3) is 0.263. The third-order valence-corrected chi connectivity index (χ3v) is 4.88. The van der Waals surface area contributed by atoms with Crippen molar-refractivity contribution in [3.8, 4) is 0 Å². The molecule has 1 aliphatic rings. The van der Waals surface area contributed by atoms with Crippen LogP contribution >= 0.6 is 15.9 Å². The first-order chi connectivity index (χ1) is 11.4. The highest BCUT2D eigenvalue weighted by molar-refractivity contribution is 9.10. The Bertz CT molecular complexity index is 804. The van der Waals surface area contributed by atoms with Gasteiger partial charge < -0.3 is 10.2 Å². The van der Waals surface area contributed by atoms with Gasteiger partial charge in [-0.05, 0) is 55.3 Å². The van der Waals surface area contributed by atoms with Gasteiger partial charge in [0.25, 0.3) is 0 Å². The Labute approximate surface area is 150 Å². The predicted molar refractivity (Wildman–Crippen MR) is 99.1 cm³/mol. The highest BCUT2D eigenvalue weighted by atomic mass is 79.9. The van der Waals surface area contributed by atoms with Crippen molar-refractivity contribution in [1.82, 2.24) is 0 Å². The van der Waals surface area contributed by atoms with Gasteiger partial charge in [-0.3, -0.25) is 9.59 Å². The van der Waals surface area contributed by atoms with Crippen LogP contribution in [0.15, 0.2) is 46.9 Å². The third-order valence-electron chi connectivity index (χ3n) is 4.39. The van der Waals surface area contributed by atoms with Crippen molar-refractivity contribution in [2.45, 2.75) is 20.3 Å². The van der Waals surface area contributed by atoms with Crippen LogP contribution in [-0.4, -0.2) is 18.4 Å². The summed E-state index contributed by atoms with van der Waals surface area (Å²) in [6.45, 7) is 4.48. The van der Waals surface area contributed by atoms with E-state index >= 15 is 0 Å². The standard InChI is InChI=1S/C19H19BrN2O2/c1-12-6-7-17(8-13(12)2)22-11-14(9-18(22)23)19(24)21-16-5-3-4-15(20)10-16/h3-8,10,14H,9,11H2,1-2H3,(H,21,24). The SMILES string of the molecule is Cc1ccc(N2CC(C(=O)Nc3cccc(Br)c3)CC2=O)cc1C. The van der Waals surface area contributed by atoms with Crippen LogP contribution in [0.1, 0.15) is 17.5 Å². The molecule has 2 amide bonds. The molecule has 0 spiro atoms. The normalized spacial score (nSPS) is 17.2. The topological polar surface area (TPSA) is 49.4 Å². The second-order valence-electron chi connectivity index (χ2n) is 6.17. The molecule has 3 rings (SSSR count). The molecular formula is C19H19BrN2O2. The Balaban J connectivity index is 1.72. The lowest BCUT2D eigenvalue weighted by Crippen LogP contribution is -2.28. The number of rotatable bonds is 3. The fourth-order valence-corrected chi connectivity index (χ4v) is 3.24. The van der Waals surface area contributed by atoms with Gasteiger partial charge in [-0.2, -0.15) is 0 Å². The van der Waals surface area contributed by atoms with Crippen molar-refractivity contribution in [2.24, 2.45) is 5.92 Å². The van der Waals surface area contributed by atoms with Gasteiger partial charge in [-0.1, -0.05) is 28.1 Å². The lowest BCUT2D eigenvalue weighted by molar-refractivity contribution is -0.122. The van der Waals surface area contributed by atoms with Crippen LogP contribution in [0.5, 0.6) is 0 Å². The Kier molecular flexibility index (Phi) is 4.71. The molecule has 2 aromatic carbocycles. The summed E-state index contributed by atoms with van der Waals surface area (Å²) in [7, 11) is 0. The highest BCUT2D eigenvalue weighted by Gasteiger charge is 2.35. The van der Waals surface area contributed by atoms with Gasteiger partial charge in [-0.15, -0.1) is 0 Å². The number of anilines is 2. The molecule has 5 heteroatoms. The average Bonchev–Trinajstić information content (AvgIpc) is 2.92. The monoisotopic (exact) mass is 386 g/mol. The van der Waals surface area contributed by atoms with Crippen LogP contribution in [0, 0.1) is 19.8 Å². The molecule has 1 N–H and O–H groups in total. The molecule has 1 heterocycles. The van der Waals surface area contributed by atoms with Gasteiger partial charge in [-0.25, -0.2) is 0 Å². The van der Waals surface area contributed by atoms with Gasteiger partial charge >= 0.3 is 0 Å². The van der Waals surface area contributed by atoms with Crippen LogP contribution in [0.25, 0.3) is 0 Å². The zero-order valence-electron chi connectivity index (χ0n) is 13.7. The number of nitrogens with one attached hydrogen (secondary N) is 1. The molecule has 1 unspecified atom stereocenters. The summed E-state index contributed by atoms with van der Waals surface area (Å²) in [5.41, 5.74) is 3.92. The molecule has 24 heavy (non-hydrogen) atoms. The minimum absolute atomic E-state index is 0.00681. The van der Waals surface area contributed by atoms with Crippen LogP contribution in [0.2, 0.25) is 0 Å². The Morgan fingerprint density at radius 3 is 2.67 bits per heavy atom. The first kappa shape index (κ1) is 16.7. The van der Waals surface area contributed by atoms with E-state index in [0.29, 0.717) is 6.54 Å². The molecule has 0 aromatic heterocycles. The zero-order valence-corrected chi connectivity index (χ0v) is 15.3. The maximum atomic E-state index is 12.5. The average molecular weight is 387 g/mol. The van der Waals surface area contributed by atoms with Crippen LogP contribution in [0.4, 0.5) is 11.4 Å². The summed E-state index contributed by atoms with van der Waals surface area (Å²) in [4.78, 5) is 26.5. The van der Waals surface area contributed by atoms with E-state index in [0.717, 1.165) is 21.4 Å². The molecule has 1 atom stereocenters. The van der Waals surface area contributed by atoms with Gasteiger partial charge in [0.1, 0.15) is 0 Å². The van der Waals surface area contributed by atoms with E-state index in [-0.39, 0.29) is 24.2 Å². The smallest absolute Gasteiger partial charge is 0.229 e. The van der Waals surface area contributed by atoms with Gasteiger partial charge in [0.15, 0.2) is 0 Å². The molecule has 0 aliphatic carbocycles. The molecule has 124 valence electrons. The molecular weight excluding hydrogens is 368 g/mol. The minimum Gasteiger partial charge on any atom is -0.326 e. The first-order valence-corrected chi connectivity index (χ1v) is 8.67. The number of hydrogen-bond acceptors (Lipinski definition) is 2. The van der Waals surface area contributed by atoms with E-state index < -0.39 is 0 Å². The Morgan fingerprint density at radius 2 is 1.96 bits per heavy atom. The quantitative estimate of drug-likeness (QED) is 0.864. The maximum Gasteiger partial charge on any atom is 0.229 e. The van der Waals surface area contributed by atoms with Crippen molar-refractivity contribution in [3.05, 3.63) is 58.1 Å². The molecule has 2 aromatic rings. The number of halogens is 1. The third kappa shape index (κ3) is 3.51. The van der Waals surface area contributed by atoms with Crippen molar-refractivity contribution >= 4 is 39.1 Å². The number of amides is 2. The van der Waals surface area contributed by atoms with E-state index in [2.05, 4.69) is 21.2 Å². The molecule has 1 fully saturated rings. The van der Waals surface area contributed by atoms with Crippen LogP contribution in [-0.2, 0) is 9.59 Å². The number of carbonyl (C=O) groups excluding carboxylic acids is 2. The second kappa shape index (κ2) is 6.77. The van der Waals surface area contributed by atoms with E-state index in [4.69, 9.17) is 0 Å². The van der Waals surface area contributed by atoms with Gasteiger partial charge in [0.2, 0.25) is 11.8 Å². The Morgan fingerprint density at radius 1 is 1.17 bits per heavy atom. The van der Waals surface area contributed by atoms with Gasteiger partial charge in [0.05, 0.1) is 5.92 Å². The molecule has 1 saturated heterocycles.